The molecule has 0 heterocycles. The van der Waals surface area contributed by atoms with Crippen molar-refractivity contribution in [2.45, 2.75) is 38.6 Å². The molecule has 0 aliphatic heterocycles. The highest BCUT2D eigenvalue weighted by molar-refractivity contribution is 5.87. The van der Waals surface area contributed by atoms with E-state index in [1.807, 2.05) is 91.9 Å². The maximum Gasteiger partial charge on any atom is 0.156 e. The van der Waals surface area contributed by atoms with Gasteiger partial charge in [-0.1, -0.05) is 128 Å². The van der Waals surface area contributed by atoms with Crippen LogP contribution in [0.15, 0.2) is 121 Å². The van der Waals surface area contributed by atoms with Crippen molar-refractivity contribution in [3.63, 3.8) is 0 Å². The van der Waals surface area contributed by atoms with Gasteiger partial charge in [0.1, 0.15) is 0 Å². The smallest absolute Gasteiger partial charge is 0.156 e. The molecule has 35 heavy (non-hydrogen) atoms. The lowest BCUT2D eigenvalue weighted by Gasteiger charge is -2.34. The van der Waals surface area contributed by atoms with E-state index in [1.165, 1.54) is 0 Å². The molecule has 0 fully saturated rings. The minimum atomic E-state index is -0.850. The molecule has 0 aromatic heterocycles. The quantitative estimate of drug-likeness (QED) is 0.286. The highest BCUT2D eigenvalue weighted by Crippen LogP contribution is 2.27. The van der Waals surface area contributed by atoms with Crippen LogP contribution in [0.2, 0.25) is 0 Å². The van der Waals surface area contributed by atoms with Crippen molar-refractivity contribution in [3.05, 3.63) is 144 Å². The first-order chi connectivity index (χ1) is 17.1. The Balaban J connectivity index is 1.68. The third-order valence-electron chi connectivity index (χ3n) is 6.56. The Morgan fingerprint density at radius 2 is 1.06 bits per heavy atom. The molecular formula is C32H33NO2. The molecule has 178 valence electrons. The fourth-order valence-corrected chi connectivity index (χ4v) is 4.56. The Kier molecular flexibility index (Phi) is 8.61. The molecule has 0 spiro atoms. The molecule has 4 aromatic rings. The van der Waals surface area contributed by atoms with E-state index in [-0.39, 0.29) is 11.8 Å². The Morgan fingerprint density at radius 1 is 0.657 bits per heavy atom. The summed E-state index contributed by atoms with van der Waals surface area (Å²) in [5, 5.41) is 11.1. The van der Waals surface area contributed by atoms with Crippen LogP contribution in [-0.4, -0.2) is 21.8 Å². The van der Waals surface area contributed by atoms with Crippen LogP contribution in [0.3, 0.4) is 0 Å². The summed E-state index contributed by atoms with van der Waals surface area (Å²) in [6, 6.07) is 39.8. The Hall–Kier alpha value is -3.53. The molecule has 3 nitrogen and oxygen atoms in total. The highest BCUT2D eigenvalue weighted by Gasteiger charge is 2.33. The molecule has 4 aromatic carbocycles. The van der Waals surface area contributed by atoms with Gasteiger partial charge in [0.05, 0.1) is 12.1 Å². The predicted molar refractivity (Wildman–Crippen MR) is 142 cm³/mol. The second-order valence-corrected chi connectivity index (χ2v) is 9.13. The third kappa shape index (κ3) is 6.75. The monoisotopic (exact) mass is 463 g/mol. The van der Waals surface area contributed by atoms with E-state index in [1.54, 1.807) is 0 Å². The summed E-state index contributed by atoms with van der Waals surface area (Å²) < 4.78 is 0. The van der Waals surface area contributed by atoms with Crippen LogP contribution in [-0.2, 0) is 24.3 Å². The molecule has 0 saturated heterocycles. The number of carbonyl (C=O) groups excluding carboxylic acids is 1. The molecule has 3 atom stereocenters. The van der Waals surface area contributed by atoms with Crippen molar-refractivity contribution in [2.75, 3.05) is 0 Å². The van der Waals surface area contributed by atoms with Gasteiger partial charge in [0.25, 0.3) is 0 Å². The topological polar surface area (TPSA) is 40.5 Å². The first-order valence-electron chi connectivity index (χ1n) is 12.2. The van der Waals surface area contributed by atoms with Crippen molar-refractivity contribution < 1.29 is 9.90 Å². The van der Waals surface area contributed by atoms with Crippen LogP contribution < -0.4 is 0 Å². The number of hydrogen-bond acceptors (Lipinski definition) is 3. The van der Waals surface area contributed by atoms with Gasteiger partial charge >= 0.3 is 0 Å². The van der Waals surface area contributed by atoms with Crippen LogP contribution in [0.1, 0.15) is 35.3 Å². The summed E-state index contributed by atoms with van der Waals surface area (Å²) in [7, 11) is 0. The summed E-state index contributed by atoms with van der Waals surface area (Å²) in [5.74, 6) is -0.489. The standard InChI is InChI=1S/C32H33NO2/c1-25(31(34)29-20-12-5-13-21-29)32(35)30(22-26-14-6-2-7-15-26)33(23-27-16-8-3-9-17-27)24-28-18-10-4-11-19-28/h2-21,25,30-31,34H,22-24H2,1H3/t25-,30+,31-/m1/s1. The van der Waals surface area contributed by atoms with Gasteiger partial charge in [0.15, 0.2) is 5.78 Å². The lowest BCUT2D eigenvalue weighted by molar-refractivity contribution is -0.131. The van der Waals surface area contributed by atoms with Gasteiger partial charge in [-0.3, -0.25) is 9.69 Å². The van der Waals surface area contributed by atoms with Crippen LogP contribution in [0, 0.1) is 5.92 Å². The van der Waals surface area contributed by atoms with Gasteiger partial charge in [-0.05, 0) is 28.7 Å². The molecule has 0 unspecified atom stereocenters. The maximum atomic E-state index is 14.1. The summed E-state index contributed by atoms with van der Waals surface area (Å²) in [6.07, 6.45) is -0.261. The number of benzene rings is 4. The molecule has 0 bridgehead atoms. The average Bonchev–Trinajstić information content (AvgIpc) is 2.92. The van der Waals surface area contributed by atoms with Gasteiger partial charge in [-0.25, -0.2) is 0 Å². The van der Waals surface area contributed by atoms with Crippen molar-refractivity contribution in [1.29, 1.82) is 0 Å². The Labute approximate surface area is 208 Å². The number of aliphatic hydroxyl groups excluding tert-OH is 1. The zero-order valence-corrected chi connectivity index (χ0v) is 20.2. The molecule has 3 heteroatoms. The van der Waals surface area contributed by atoms with E-state index in [0.29, 0.717) is 19.5 Å². The number of nitrogens with zero attached hydrogens (tertiary/aromatic N) is 1. The molecule has 0 saturated carbocycles. The fraction of sp³-hybridized carbons (Fsp3) is 0.219. The second kappa shape index (κ2) is 12.3. The third-order valence-corrected chi connectivity index (χ3v) is 6.56. The van der Waals surface area contributed by atoms with Crippen LogP contribution in [0.4, 0.5) is 0 Å². The average molecular weight is 464 g/mol. The summed E-state index contributed by atoms with van der Waals surface area (Å²) >= 11 is 0. The summed E-state index contributed by atoms with van der Waals surface area (Å²) in [5.41, 5.74) is 4.19. The molecule has 1 N–H and O–H groups in total. The number of aliphatic hydroxyl groups is 1. The van der Waals surface area contributed by atoms with Gasteiger partial charge < -0.3 is 5.11 Å². The minimum Gasteiger partial charge on any atom is -0.388 e. The number of rotatable bonds is 11. The lowest BCUT2D eigenvalue weighted by Crippen LogP contribution is -2.45. The normalized spacial score (nSPS) is 13.8. The molecule has 0 aliphatic rings. The number of ketones is 1. The van der Waals surface area contributed by atoms with E-state index in [2.05, 4.69) is 41.3 Å². The first-order valence-corrected chi connectivity index (χ1v) is 12.2. The molecule has 0 radical (unpaired) electrons. The van der Waals surface area contributed by atoms with Crippen molar-refractivity contribution in [2.24, 2.45) is 5.92 Å². The lowest BCUT2D eigenvalue weighted by atomic mass is 9.87. The van der Waals surface area contributed by atoms with E-state index in [9.17, 15) is 9.90 Å². The zero-order valence-electron chi connectivity index (χ0n) is 20.2. The van der Waals surface area contributed by atoms with Crippen molar-refractivity contribution in [1.82, 2.24) is 4.90 Å². The molecule has 0 amide bonds. The minimum absolute atomic E-state index is 0.0528. The van der Waals surface area contributed by atoms with Crippen molar-refractivity contribution in [3.8, 4) is 0 Å². The van der Waals surface area contributed by atoms with Gasteiger partial charge in [-0.2, -0.15) is 0 Å². The predicted octanol–water partition coefficient (Wildman–Crippen LogP) is 6.24. The second-order valence-electron chi connectivity index (χ2n) is 9.13. The van der Waals surface area contributed by atoms with Crippen LogP contribution in [0.25, 0.3) is 0 Å². The number of hydrogen-bond donors (Lipinski definition) is 1. The van der Waals surface area contributed by atoms with Gasteiger partial charge in [0, 0.05) is 19.0 Å². The summed E-state index contributed by atoms with van der Waals surface area (Å²) in [6.45, 7) is 3.14. The Bertz CT molecular complexity index is 1120. The van der Waals surface area contributed by atoms with E-state index in [4.69, 9.17) is 0 Å². The van der Waals surface area contributed by atoms with Gasteiger partial charge in [0.2, 0.25) is 0 Å². The highest BCUT2D eigenvalue weighted by atomic mass is 16.3. The molecular weight excluding hydrogens is 430 g/mol. The van der Waals surface area contributed by atoms with Gasteiger partial charge in [-0.15, -0.1) is 0 Å². The van der Waals surface area contributed by atoms with E-state index in [0.717, 1.165) is 22.3 Å². The first kappa shape index (κ1) is 24.6. The largest absolute Gasteiger partial charge is 0.388 e. The van der Waals surface area contributed by atoms with Crippen LogP contribution in [0.5, 0.6) is 0 Å². The molecule has 0 aliphatic carbocycles. The fourth-order valence-electron chi connectivity index (χ4n) is 4.56. The maximum absolute atomic E-state index is 14.1. The number of carbonyl (C=O) groups is 1. The summed E-state index contributed by atoms with van der Waals surface area (Å²) in [4.78, 5) is 16.3. The molecule has 4 rings (SSSR count). The van der Waals surface area contributed by atoms with Crippen molar-refractivity contribution >= 4 is 5.78 Å². The SMILES string of the molecule is C[C@@H](C(=O)[C@H](Cc1ccccc1)N(Cc1ccccc1)Cc1ccccc1)[C@@H](O)c1ccccc1. The Morgan fingerprint density at radius 3 is 1.51 bits per heavy atom. The zero-order chi connectivity index (χ0) is 24.5. The van der Waals surface area contributed by atoms with Crippen LogP contribution >= 0.6 is 0 Å². The van der Waals surface area contributed by atoms with E-state index < -0.39 is 12.0 Å². The van der Waals surface area contributed by atoms with E-state index >= 15 is 0 Å². The number of Topliss-reactive ketones (excluding diaryl/α,β-unsaturated/α-hetero) is 1.